The van der Waals surface area contributed by atoms with Crippen molar-refractivity contribution >= 4 is 43.2 Å². The summed E-state index contributed by atoms with van der Waals surface area (Å²) in [4.78, 5) is 27.7. The first-order valence-electron chi connectivity index (χ1n) is 22.2. The molecule has 1 amide bonds. The summed E-state index contributed by atoms with van der Waals surface area (Å²) in [6.07, 6.45) is 1.08. The van der Waals surface area contributed by atoms with Crippen LogP contribution < -0.4 is 14.8 Å². The topological polar surface area (TPSA) is 155 Å². The summed E-state index contributed by atoms with van der Waals surface area (Å²) in [7, 11) is 1.61. The molecule has 0 radical (unpaired) electrons. The van der Waals surface area contributed by atoms with Gasteiger partial charge < -0.3 is 33.3 Å². The third kappa shape index (κ3) is 10.9. The van der Waals surface area contributed by atoms with Gasteiger partial charge in [-0.1, -0.05) is 91.5 Å². The molecule has 6 aromatic rings. The molecular weight excluding hydrogens is 874 g/mol. The third-order valence-corrected chi connectivity index (χ3v) is 14.5. The first kappa shape index (κ1) is 48.5. The van der Waals surface area contributed by atoms with E-state index in [0.29, 0.717) is 45.6 Å². The molecule has 0 spiro atoms. The van der Waals surface area contributed by atoms with Crippen molar-refractivity contribution in [3.8, 4) is 17.6 Å². The van der Waals surface area contributed by atoms with Gasteiger partial charge in [0, 0.05) is 29.8 Å². The standard InChI is InChI=1S/C50H58N7O7PS/c1-8-30-66-49-54-45-46(55-48(58)36-16-11-9-12-17-36)52-33-53-47(45)56(49)44-31-42(64-65(62-29-15-28-51)57(34(2)3)35(4)5)43(63-44)32-61-50(37-18-13-10-14-19-37,38-20-24-40(59-6)25-21-38)39-22-26-41(60-7)27-23-39/h9-14,16-27,33-35,42-44H,8,15,29-32H2,1-7H3,(H,52,53,55,58)/t42-,43+,44+,65?/m0/s1. The Kier molecular flexibility index (Phi) is 16.8. The number of imidazole rings is 1. The minimum atomic E-state index is -1.68. The van der Waals surface area contributed by atoms with Crippen LogP contribution in [0.25, 0.3) is 11.2 Å². The van der Waals surface area contributed by atoms with E-state index in [0.717, 1.165) is 28.9 Å². The maximum absolute atomic E-state index is 13.4. The summed E-state index contributed by atoms with van der Waals surface area (Å²) in [6.45, 7) is 10.9. The fraction of sp³-hybridized carbons (Fsp3) is 0.380. The second kappa shape index (κ2) is 22.8. The van der Waals surface area contributed by atoms with E-state index in [2.05, 4.69) is 67.8 Å². The molecule has 1 unspecified atom stereocenters. The van der Waals surface area contributed by atoms with E-state index < -0.39 is 32.6 Å². The monoisotopic (exact) mass is 931 g/mol. The van der Waals surface area contributed by atoms with Crippen LogP contribution in [0.2, 0.25) is 0 Å². The lowest BCUT2D eigenvalue weighted by atomic mass is 9.80. The Morgan fingerprint density at radius 1 is 0.909 bits per heavy atom. The number of nitrogens with one attached hydrogen (secondary N) is 1. The number of benzene rings is 4. The van der Waals surface area contributed by atoms with Gasteiger partial charge in [-0.05, 0) is 87.2 Å². The zero-order valence-corrected chi connectivity index (χ0v) is 40.2. The lowest BCUT2D eigenvalue weighted by molar-refractivity contribution is -0.0925. The number of nitriles is 1. The molecule has 346 valence electrons. The number of fused-ring (bicyclic) bond motifs is 1. The van der Waals surface area contributed by atoms with E-state index in [9.17, 15) is 10.1 Å². The number of hydrogen-bond acceptors (Lipinski definition) is 13. The van der Waals surface area contributed by atoms with Gasteiger partial charge in [0.25, 0.3) is 14.4 Å². The van der Waals surface area contributed by atoms with Gasteiger partial charge in [-0.25, -0.2) is 19.6 Å². The van der Waals surface area contributed by atoms with Crippen LogP contribution >= 0.6 is 20.3 Å². The number of ether oxygens (including phenoxy) is 4. The molecule has 0 saturated carbocycles. The van der Waals surface area contributed by atoms with Crippen molar-refractivity contribution in [2.75, 3.05) is 38.5 Å². The molecule has 1 aliphatic heterocycles. The number of nitrogens with zero attached hydrogens (tertiary/aromatic N) is 6. The molecule has 1 saturated heterocycles. The molecular formula is C50H58N7O7PS. The van der Waals surface area contributed by atoms with E-state index >= 15 is 0 Å². The second-order valence-electron chi connectivity index (χ2n) is 16.2. The number of anilines is 1. The summed E-state index contributed by atoms with van der Waals surface area (Å²) in [6, 6.07) is 37.3. The SMILES string of the molecule is CCCSc1nc2c(NC(=O)c3ccccc3)ncnc2n1[C@H]1C[C@H](OP(OCCC#N)N(C(C)C)C(C)C)[C@@H](COC(c2ccccc2)(c2ccc(OC)cc2)c2ccc(OC)cc2)O1. The molecule has 2 aromatic heterocycles. The van der Waals surface area contributed by atoms with Crippen LogP contribution in [-0.2, 0) is 24.1 Å². The summed E-state index contributed by atoms with van der Waals surface area (Å²) in [5, 5.41) is 13.2. The Morgan fingerprint density at radius 2 is 1.52 bits per heavy atom. The highest BCUT2D eigenvalue weighted by Gasteiger charge is 2.46. The van der Waals surface area contributed by atoms with Gasteiger partial charge in [0.2, 0.25) is 0 Å². The Morgan fingerprint density at radius 3 is 2.09 bits per heavy atom. The molecule has 4 aromatic carbocycles. The van der Waals surface area contributed by atoms with Crippen LogP contribution in [0.5, 0.6) is 11.5 Å². The zero-order valence-electron chi connectivity index (χ0n) is 38.5. The van der Waals surface area contributed by atoms with Gasteiger partial charge in [0.05, 0.1) is 46.0 Å². The Bertz CT molecular complexity index is 2470. The molecule has 0 aliphatic carbocycles. The minimum absolute atomic E-state index is 0.0674. The Labute approximate surface area is 392 Å². The van der Waals surface area contributed by atoms with Crippen molar-refractivity contribution < 1.29 is 32.8 Å². The van der Waals surface area contributed by atoms with Crippen LogP contribution in [0.1, 0.15) is 87.2 Å². The smallest absolute Gasteiger partial charge is 0.259 e. The molecule has 1 fully saturated rings. The molecule has 1 N–H and O–H groups in total. The van der Waals surface area contributed by atoms with Crippen LogP contribution in [0.3, 0.4) is 0 Å². The molecule has 14 nitrogen and oxygen atoms in total. The number of carbonyl (C=O) groups is 1. The average Bonchev–Trinajstić information content (AvgIpc) is 3.92. The minimum Gasteiger partial charge on any atom is -0.497 e. The number of methoxy groups -OCH3 is 2. The second-order valence-corrected chi connectivity index (χ2v) is 18.7. The number of aromatic nitrogens is 4. The van der Waals surface area contributed by atoms with E-state index in [1.54, 1.807) is 38.1 Å². The van der Waals surface area contributed by atoms with Gasteiger partial charge in [0.15, 0.2) is 22.1 Å². The van der Waals surface area contributed by atoms with Crippen molar-refractivity contribution in [2.24, 2.45) is 0 Å². The van der Waals surface area contributed by atoms with Crippen molar-refractivity contribution in [3.05, 3.63) is 138 Å². The molecule has 3 heterocycles. The van der Waals surface area contributed by atoms with Gasteiger partial charge in [-0.15, -0.1) is 0 Å². The maximum atomic E-state index is 13.4. The third-order valence-electron chi connectivity index (χ3n) is 11.1. The summed E-state index contributed by atoms with van der Waals surface area (Å²) in [5.41, 5.74) is 2.96. The maximum Gasteiger partial charge on any atom is 0.259 e. The predicted octanol–water partition coefficient (Wildman–Crippen LogP) is 10.6. The number of amides is 1. The first-order valence-corrected chi connectivity index (χ1v) is 24.3. The highest BCUT2D eigenvalue weighted by Crippen LogP contribution is 2.51. The molecule has 4 atom stereocenters. The summed E-state index contributed by atoms with van der Waals surface area (Å²) in [5.74, 6) is 2.19. The molecule has 66 heavy (non-hydrogen) atoms. The van der Waals surface area contributed by atoms with Crippen LogP contribution in [0.15, 0.2) is 121 Å². The normalized spacial score (nSPS) is 16.8. The lowest BCUT2D eigenvalue weighted by Crippen LogP contribution is -2.39. The van der Waals surface area contributed by atoms with E-state index in [-0.39, 0.29) is 37.6 Å². The van der Waals surface area contributed by atoms with Crippen molar-refractivity contribution in [3.63, 3.8) is 0 Å². The largest absolute Gasteiger partial charge is 0.497 e. The highest BCUT2D eigenvalue weighted by atomic mass is 32.2. The van der Waals surface area contributed by atoms with Crippen LogP contribution in [0.4, 0.5) is 5.82 Å². The Balaban J connectivity index is 1.33. The fourth-order valence-electron chi connectivity index (χ4n) is 8.12. The van der Waals surface area contributed by atoms with Gasteiger partial charge >= 0.3 is 0 Å². The van der Waals surface area contributed by atoms with Crippen LogP contribution in [-0.4, -0.2) is 87.6 Å². The summed E-state index contributed by atoms with van der Waals surface area (Å²) < 4.78 is 43.7. The van der Waals surface area contributed by atoms with Crippen LogP contribution in [0, 0.1) is 11.3 Å². The molecule has 16 heteroatoms. The lowest BCUT2D eigenvalue weighted by Gasteiger charge is -2.39. The van der Waals surface area contributed by atoms with Gasteiger partial charge in [-0.3, -0.25) is 9.36 Å². The van der Waals surface area contributed by atoms with E-state index in [1.165, 1.54) is 6.33 Å². The summed E-state index contributed by atoms with van der Waals surface area (Å²) >= 11 is 1.58. The average molecular weight is 932 g/mol. The Hall–Kier alpha value is -5.43. The number of carbonyl (C=O) groups excluding carboxylic acids is 1. The van der Waals surface area contributed by atoms with E-state index in [4.69, 9.17) is 38.0 Å². The molecule has 0 bridgehead atoms. The fourth-order valence-corrected chi connectivity index (χ4v) is 10.8. The quantitative estimate of drug-likeness (QED) is 0.0297. The van der Waals surface area contributed by atoms with Crippen molar-refractivity contribution in [1.29, 1.82) is 5.26 Å². The number of rotatable bonds is 22. The van der Waals surface area contributed by atoms with Crippen molar-refractivity contribution in [2.45, 2.75) is 95.2 Å². The zero-order chi connectivity index (χ0) is 46.6. The van der Waals surface area contributed by atoms with Gasteiger partial charge in [0.1, 0.15) is 35.8 Å². The number of thioether (sulfide) groups is 1. The molecule has 7 rings (SSSR count). The predicted molar refractivity (Wildman–Crippen MR) is 258 cm³/mol. The molecule has 1 aliphatic rings. The highest BCUT2D eigenvalue weighted by molar-refractivity contribution is 7.99. The van der Waals surface area contributed by atoms with Gasteiger partial charge in [-0.2, -0.15) is 5.26 Å². The number of hydrogen-bond donors (Lipinski definition) is 1. The first-order chi connectivity index (χ1) is 32.1. The van der Waals surface area contributed by atoms with Crippen molar-refractivity contribution in [1.82, 2.24) is 24.2 Å². The van der Waals surface area contributed by atoms with E-state index in [1.807, 2.05) is 89.5 Å².